The zero-order chi connectivity index (χ0) is 18.8. The van der Waals surface area contributed by atoms with Crippen LogP contribution in [0.2, 0.25) is 0 Å². The number of hydrogen-bond donors (Lipinski definition) is 0. The monoisotopic (exact) mass is 419 g/mol. The van der Waals surface area contributed by atoms with E-state index in [2.05, 4.69) is 20.7 Å². The average Bonchev–Trinajstić information content (AvgIpc) is 2.56. The number of halogens is 4. The second-order valence-corrected chi connectivity index (χ2v) is 5.85. The minimum Gasteiger partial charge on any atom is -0.482 e. The molecular weight excluding hydrogens is 407 g/mol. The number of esters is 1. The number of ether oxygens (including phenoxy) is 2. The molecule has 134 valence electrons. The lowest BCUT2D eigenvalue weighted by atomic mass is 10.1. The van der Waals surface area contributed by atoms with Crippen LogP contribution in [0.3, 0.4) is 0 Å². The van der Waals surface area contributed by atoms with Crippen molar-refractivity contribution in [2.75, 3.05) is 13.7 Å². The number of carbonyl (C=O) groups is 1. The van der Waals surface area contributed by atoms with Crippen LogP contribution in [0.15, 0.2) is 39.6 Å². The van der Waals surface area contributed by atoms with Crippen LogP contribution in [0.4, 0.5) is 13.2 Å². The Morgan fingerprint density at radius 2 is 1.92 bits per heavy atom. The molecule has 9 heteroatoms. The van der Waals surface area contributed by atoms with Gasteiger partial charge in [-0.3, -0.25) is 9.36 Å². The normalized spacial score (nSPS) is 11.3. The summed E-state index contributed by atoms with van der Waals surface area (Å²) in [7, 11) is 1.19. The molecule has 0 bridgehead atoms. The number of alkyl halides is 3. The smallest absolute Gasteiger partial charge is 0.422 e. The topological polar surface area (TPSA) is 57.5 Å². The summed E-state index contributed by atoms with van der Waals surface area (Å²) >= 11 is 3.06. The van der Waals surface area contributed by atoms with Gasteiger partial charge in [0.1, 0.15) is 5.75 Å². The second kappa shape index (κ2) is 7.30. The first kappa shape index (κ1) is 19.0. The molecular formula is C16H13BrF3NO4. The molecule has 2 rings (SSSR count). The summed E-state index contributed by atoms with van der Waals surface area (Å²) in [6, 6.07) is 7.06. The predicted octanol–water partition coefficient (Wildman–Crippen LogP) is 3.64. The maximum atomic E-state index is 12.5. The fourth-order valence-corrected chi connectivity index (χ4v) is 2.61. The van der Waals surface area contributed by atoms with E-state index in [-0.39, 0.29) is 27.2 Å². The molecule has 0 unspecified atom stereocenters. The summed E-state index contributed by atoms with van der Waals surface area (Å²) in [6.45, 7) is -0.0176. The molecule has 0 fully saturated rings. The van der Waals surface area contributed by atoms with E-state index in [0.717, 1.165) is 4.57 Å². The second-order valence-electron chi connectivity index (χ2n) is 5.00. The predicted molar refractivity (Wildman–Crippen MR) is 87.4 cm³/mol. The zero-order valence-electron chi connectivity index (χ0n) is 13.2. The number of aromatic nitrogens is 1. The summed E-state index contributed by atoms with van der Waals surface area (Å²) in [5.41, 5.74) is -0.156. The maximum Gasteiger partial charge on any atom is 0.422 e. The number of nitrogens with zero attached hydrogens (tertiary/aromatic N) is 1. The third-order valence-electron chi connectivity index (χ3n) is 3.31. The number of benzene rings is 1. The molecule has 1 heterocycles. The first-order chi connectivity index (χ1) is 11.7. The molecule has 0 aliphatic rings. The van der Waals surface area contributed by atoms with Crippen LogP contribution in [-0.2, 0) is 4.74 Å². The molecule has 0 radical (unpaired) electrons. The van der Waals surface area contributed by atoms with E-state index in [0.29, 0.717) is 0 Å². The van der Waals surface area contributed by atoms with Crippen LogP contribution < -0.4 is 10.3 Å². The first-order valence-electron chi connectivity index (χ1n) is 6.95. The van der Waals surface area contributed by atoms with Crippen LogP contribution in [-0.4, -0.2) is 30.4 Å². The number of methoxy groups -OCH3 is 1. The highest BCUT2D eigenvalue weighted by Crippen LogP contribution is 2.27. The number of rotatable bonds is 4. The van der Waals surface area contributed by atoms with Gasteiger partial charge in [-0.15, -0.1) is 0 Å². The van der Waals surface area contributed by atoms with Crippen molar-refractivity contribution in [2.45, 2.75) is 13.1 Å². The number of hydrogen-bond acceptors (Lipinski definition) is 4. The Kier molecular flexibility index (Phi) is 5.56. The Morgan fingerprint density at radius 1 is 1.28 bits per heavy atom. The van der Waals surface area contributed by atoms with Gasteiger partial charge in [0, 0.05) is 5.69 Å². The molecule has 0 N–H and O–H groups in total. The lowest BCUT2D eigenvalue weighted by Crippen LogP contribution is -2.26. The van der Waals surface area contributed by atoms with Crippen molar-refractivity contribution in [3.8, 4) is 11.4 Å². The van der Waals surface area contributed by atoms with E-state index in [1.54, 1.807) is 6.07 Å². The van der Waals surface area contributed by atoms with Crippen molar-refractivity contribution in [1.29, 1.82) is 0 Å². The molecule has 25 heavy (non-hydrogen) atoms. The highest BCUT2D eigenvalue weighted by molar-refractivity contribution is 9.10. The highest BCUT2D eigenvalue weighted by Gasteiger charge is 2.29. The SMILES string of the molecule is COC(=O)c1cc(Br)c(=O)n(-c2ccccc2OCC(F)(F)F)c1C. The first-order valence-corrected chi connectivity index (χ1v) is 7.74. The molecule has 1 aromatic carbocycles. The van der Waals surface area contributed by atoms with Crippen LogP contribution in [0.25, 0.3) is 5.69 Å². The lowest BCUT2D eigenvalue weighted by molar-refractivity contribution is -0.153. The molecule has 0 spiro atoms. The van der Waals surface area contributed by atoms with Gasteiger partial charge in [-0.1, -0.05) is 12.1 Å². The number of para-hydroxylation sites is 2. The quantitative estimate of drug-likeness (QED) is 0.709. The third kappa shape index (κ3) is 4.22. The van der Waals surface area contributed by atoms with Crippen LogP contribution in [0, 0.1) is 6.92 Å². The van der Waals surface area contributed by atoms with Gasteiger partial charge >= 0.3 is 12.1 Å². The van der Waals surface area contributed by atoms with Gasteiger partial charge in [-0.2, -0.15) is 13.2 Å². The molecule has 1 aromatic heterocycles. The Morgan fingerprint density at radius 3 is 2.52 bits per heavy atom. The van der Waals surface area contributed by atoms with Gasteiger partial charge in [0.2, 0.25) is 0 Å². The molecule has 0 atom stereocenters. The van der Waals surface area contributed by atoms with Gasteiger partial charge in [0.15, 0.2) is 6.61 Å². The van der Waals surface area contributed by atoms with Crippen LogP contribution >= 0.6 is 15.9 Å². The molecule has 0 saturated carbocycles. The van der Waals surface area contributed by atoms with Crippen molar-refractivity contribution in [2.24, 2.45) is 0 Å². The van der Waals surface area contributed by atoms with E-state index in [4.69, 9.17) is 4.74 Å². The van der Waals surface area contributed by atoms with E-state index >= 15 is 0 Å². The van der Waals surface area contributed by atoms with E-state index in [1.165, 1.54) is 38.3 Å². The summed E-state index contributed by atoms with van der Waals surface area (Å²) in [6.07, 6.45) is -4.53. The minimum atomic E-state index is -4.53. The lowest BCUT2D eigenvalue weighted by Gasteiger charge is -2.18. The summed E-state index contributed by atoms with van der Waals surface area (Å²) < 4.78 is 48.0. The molecule has 0 aliphatic carbocycles. The zero-order valence-corrected chi connectivity index (χ0v) is 14.8. The van der Waals surface area contributed by atoms with Crippen molar-refractivity contribution in [1.82, 2.24) is 4.57 Å². The fraction of sp³-hybridized carbons (Fsp3) is 0.250. The minimum absolute atomic E-state index is 0.0594. The Labute approximate surface area is 149 Å². The molecule has 0 amide bonds. The number of carbonyl (C=O) groups excluding carboxylic acids is 1. The molecule has 2 aromatic rings. The van der Waals surface area contributed by atoms with Crippen molar-refractivity contribution in [3.63, 3.8) is 0 Å². The van der Waals surface area contributed by atoms with Crippen LogP contribution in [0.1, 0.15) is 16.1 Å². The van der Waals surface area contributed by atoms with E-state index in [1.807, 2.05) is 0 Å². The standard InChI is InChI=1S/C16H13BrF3NO4/c1-9-10(15(23)24-2)7-11(17)14(22)21(9)12-5-3-4-6-13(12)25-8-16(18,19)20/h3-7H,8H2,1-2H3. The van der Waals surface area contributed by atoms with Crippen LogP contribution in [0.5, 0.6) is 5.75 Å². The van der Waals surface area contributed by atoms with Crippen molar-refractivity contribution in [3.05, 3.63) is 56.4 Å². The Hall–Kier alpha value is -2.29. The summed E-state index contributed by atoms with van der Waals surface area (Å²) in [5.74, 6) is -0.820. The van der Waals surface area contributed by atoms with Gasteiger partial charge in [-0.05, 0) is 41.1 Å². The highest BCUT2D eigenvalue weighted by atomic mass is 79.9. The third-order valence-corrected chi connectivity index (χ3v) is 3.87. The fourth-order valence-electron chi connectivity index (χ4n) is 2.20. The van der Waals surface area contributed by atoms with Crippen molar-refractivity contribution >= 4 is 21.9 Å². The Bertz CT molecular complexity index is 861. The maximum absolute atomic E-state index is 12.5. The van der Waals surface area contributed by atoms with E-state index < -0.39 is 24.3 Å². The summed E-state index contributed by atoms with van der Waals surface area (Å²) in [5, 5.41) is 0. The van der Waals surface area contributed by atoms with Gasteiger partial charge < -0.3 is 9.47 Å². The van der Waals surface area contributed by atoms with Gasteiger partial charge in [0.05, 0.1) is 22.8 Å². The van der Waals surface area contributed by atoms with E-state index in [9.17, 15) is 22.8 Å². The Balaban J connectivity index is 2.65. The van der Waals surface area contributed by atoms with Gasteiger partial charge in [0.25, 0.3) is 5.56 Å². The van der Waals surface area contributed by atoms with Crippen molar-refractivity contribution < 1.29 is 27.4 Å². The molecule has 0 saturated heterocycles. The largest absolute Gasteiger partial charge is 0.482 e. The average molecular weight is 420 g/mol. The number of pyridine rings is 1. The molecule has 0 aliphatic heterocycles. The summed E-state index contributed by atoms with van der Waals surface area (Å²) in [4.78, 5) is 24.4. The van der Waals surface area contributed by atoms with Gasteiger partial charge in [-0.25, -0.2) is 4.79 Å². The molecule has 5 nitrogen and oxygen atoms in total.